The van der Waals surface area contributed by atoms with Gasteiger partial charge < -0.3 is 15.0 Å². The number of nitriles is 1. The highest BCUT2D eigenvalue weighted by Crippen LogP contribution is 2.35. The fraction of sp³-hybridized carbons (Fsp3) is 0.0870. The molecule has 0 aliphatic heterocycles. The SMILES string of the molecule is COC(=O)Nc1ccc(-c2cncc(C#N)c2Nc2ccc3[nH]ccc3c2C)cc1. The second-order valence-corrected chi connectivity index (χ2v) is 6.72. The van der Waals surface area contributed by atoms with Crippen molar-refractivity contribution in [1.29, 1.82) is 5.26 Å². The van der Waals surface area contributed by atoms with Crippen LogP contribution >= 0.6 is 0 Å². The molecular formula is C23H19N5O2. The van der Waals surface area contributed by atoms with Crippen LogP contribution in [0.3, 0.4) is 0 Å². The maximum atomic E-state index is 11.4. The molecule has 4 aromatic rings. The molecule has 0 spiro atoms. The fourth-order valence-corrected chi connectivity index (χ4v) is 3.35. The summed E-state index contributed by atoms with van der Waals surface area (Å²) in [5.41, 5.74) is 6.43. The Labute approximate surface area is 173 Å². The highest BCUT2D eigenvalue weighted by Gasteiger charge is 2.14. The van der Waals surface area contributed by atoms with Gasteiger partial charge >= 0.3 is 6.09 Å². The minimum absolute atomic E-state index is 0.442. The van der Waals surface area contributed by atoms with Gasteiger partial charge in [-0.25, -0.2) is 4.79 Å². The average Bonchev–Trinajstić information content (AvgIpc) is 3.26. The number of methoxy groups -OCH3 is 1. The van der Waals surface area contributed by atoms with Crippen molar-refractivity contribution < 1.29 is 9.53 Å². The van der Waals surface area contributed by atoms with Gasteiger partial charge in [0.25, 0.3) is 0 Å². The highest BCUT2D eigenvalue weighted by molar-refractivity contribution is 5.92. The van der Waals surface area contributed by atoms with Crippen LogP contribution in [-0.4, -0.2) is 23.2 Å². The van der Waals surface area contributed by atoms with Crippen molar-refractivity contribution in [1.82, 2.24) is 9.97 Å². The normalized spacial score (nSPS) is 10.4. The largest absolute Gasteiger partial charge is 0.453 e. The Balaban J connectivity index is 1.74. The molecule has 0 bridgehead atoms. The Morgan fingerprint density at radius 2 is 1.93 bits per heavy atom. The van der Waals surface area contributed by atoms with Crippen molar-refractivity contribution >= 4 is 34.1 Å². The van der Waals surface area contributed by atoms with Crippen LogP contribution in [0.2, 0.25) is 0 Å². The highest BCUT2D eigenvalue weighted by atomic mass is 16.5. The third-order valence-corrected chi connectivity index (χ3v) is 4.96. The molecule has 7 heteroatoms. The summed E-state index contributed by atoms with van der Waals surface area (Å²) in [7, 11) is 1.31. The lowest BCUT2D eigenvalue weighted by molar-refractivity contribution is 0.187. The molecule has 7 nitrogen and oxygen atoms in total. The van der Waals surface area contributed by atoms with Gasteiger partial charge in [-0.05, 0) is 48.4 Å². The van der Waals surface area contributed by atoms with Crippen molar-refractivity contribution in [2.75, 3.05) is 17.7 Å². The molecule has 3 N–H and O–H groups in total. The molecule has 2 heterocycles. The molecule has 0 aliphatic carbocycles. The quantitative estimate of drug-likeness (QED) is 0.432. The molecule has 1 amide bonds. The number of pyridine rings is 1. The number of carbonyl (C=O) groups is 1. The summed E-state index contributed by atoms with van der Waals surface area (Å²) in [6.45, 7) is 2.04. The fourth-order valence-electron chi connectivity index (χ4n) is 3.35. The average molecular weight is 397 g/mol. The first-order valence-electron chi connectivity index (χ1n) is 9.28. The van der Waals surface area contributed by atoms with E-state index in [1.54, 1.807) is 24.5 Å². The predicted octanol–water partition coefficient (Wildman–Crippen LogP) is 5.33. The van der Waals surface area contributed by atoms with E-state index in [2.05, 4.69) is 31.4 Å². The molecule has 0 fully saturated rings. The summed E-state index contributed by atoms with van der Waals surface area (Å²) in [5.74, 6) is 0. The van der Waals surface area contributed by atoms with Crippen LogP contribution in [0.4, 0.5) is 21.9 Å². The zero-order valence-electron chi connectivity index (χ0n) is 16.5. The number of amides is 1. The Hall–Kier alpha value is -4.31. The van der Waals surface area contributed by atoms with E-state index in [9.17, 15) is 10.1 Å². The number of nitrogens with zero attached hydrogens (tertiary/aromatic N) is 2. The van der Waals surface area contributed by atoms with E-state index in [1.807, 2.05) is 43.5 Å². The van der Waals surface area contributed by atoms with Crippen molar-refractivity contribution in [3.8, 4) is 17.2 Å². The van der Waals surface area contributed by atoms with Gasteiger partial charge in [0.05, 0.1) is 18.4 Å². The van der Waals surface area contributed by atoms with Gasteiger partial charge in [0, 0.05) is 46.4 Å². The van der Waals surface area contributed by atoms with E-state index in [4.69, 9.17) is 0 Å². The first-order chi connectivity index (χ1) is 14.6. The number of anilines is 3. The zero-order valence-corrected chi connectivity index (χ0v) is 16.5. The Morgan fingerprint density at radius 1 is 1.13 bits per heavy atom. The summed E-state index contributed by atoms with van der Waals surface area (Å²) in [5, 5.41) is 16.8. The topological polar surface area (TPSA) is 103 Å². The van der Waals surface area contributed by atoms with Gasteiger partial charge in [0.15, 0.2) is 0 Å². The summed E-state index contributed by atoms with van der Waals surface area (Å²) in [4.78, 5) is 18.8. The summed E-state index contributed by atoms with van der Waals surface area (Å²) >= 11 is 0. The lowest BCUT2D eigenvalue weighted by Crippen LogP contribution is -2.10. The number of fused-ring (bicyclic) bond motifs is 1. The Morgan fingerprint density at radius 3 is 2.67 bits per heavy atom. The first kappa shape index (κ1) is 19.0. The van der Waals surface area contributed by atoms with Crippen LogP contribution in [0.5, 0.6) is 0 Å². The summed E-state index contributed by atoms with van der Waals surface area (Å²) < 4.78 is 4.61. The molecule has 0 aliphatic rings. The molecule has 0 unspecified atom stereocenters. The van der Waals surface area contributed by atoms with E-state index in [0.29, 0.717) is 16.9 Å². The lowest BCUT2D eigenvalue weighted by atomic mass is 10.0. The van der Waals surface area contributed by atoms with Crippen LogP contribution in [0.15, 0.2) is 61.1 Å². The van der Waals surface area contributed by atoms with Crippen molar-refractivity contribution in [3.05, 3.63) is 72.2 Å². The molecule has 0 radical (unpaired) electrons. The van der Waals surface area contributed by atoms with Gasteiger partial charge in [-0.15, -0.1) is 0 Å². The third kappa shape index (κ3) is 3.54. The van der Waals surface area contributed by atoms with Crippen molar-refractivity contribution in [3.63, 3.8) is 0 Å². The number of carbonyl (C=O) groups excluding carboxylic acids is 1. The molecule has 30 heavy (non-hydrogen) atoms. The molecule has 148 valence electrons. The van der Waals surface area contributed by atoms with Gasteiger partial charge in [-0.3, -0.25) is 10.3 Å². The molecule has 2 aromatic carbocycles. The first-order valence-corrected chi connectivity index (χ1v) is 9.28. The number of hydrogen-bond acceptors (Lipinski definition) is 5. The molecule has 2 aromatic heterocycles. The minimum atomic E-state index is -0.533. The van der Waals surface area contributed by atoms with Crippen LogP contribution in [-0.2, 0) is 4.74 Å². The molecule has 4 rings (SSSR count). The Kier molecular flexibility index (Phi) is 5.06. The lowest BCUT2D eigenvalue weighted by Gasteiger charge is -2.16. The van der Waals surface area contributed by atoms with E-state index in [0.717, 1.165) is 33.3 Å². The van der Waals surface area contributed by atoms with Crippen LogP contribution in [0.25, 0.3) is 22.0 Å². The Bertz CT molecular complexity index is 1270. The number of rotatable bonds is 4. The van der Waals surface area contributed by atoms with Gasteiger partial charge in [-0.1, -0.05) is 12.1 Å². The maximum Gasteiger partial charge on any atom is 0.411 e. The van der Waals surface area contributed by atoms with E-state index >= 15 is 0 Å². The predicted molar refractivity (Wildman–Crippen MR) is 117 cm³/mol. The van der Waals surface area contributed by atoms with Crippen LogP contribution < -0.4 is 10.6 Å². The summed E-state index contributed by atoms with van der Waals surface area (Å²) in [6, 6.07) is 15.5. The van der Waals surface area contributed by atoms with Crippen LogP contribution in [0, 0.1) is 18.3 Å². The second kappa shape index (κ2) is 7.97. The number of aryl methyl sites for hydroxylation is 1. The number of ether oxygens (including phenoxy) is 1. The van der Waals surface area contributed by atoms with E-state index < -0.39 is 6.09 Å². The molecule has 0 saturated heterocycles. The standard InChI is InChI=1S/C23H19N5O2/c1-14-18-9-10-26-21(18)8-7-20(14)28-22-16(11-24)12-25-13-19(22)15-3-5-17(6-4-15)27-23(29)30-2/h3-10,12-13,26H,1-2H3,(H,25,28)(H,27,29). The molecule has 0 saturated carbocycles. The van der Waals surface area contributed by atoms with Gasteiger partial charge in [0.1, 0.15) is 6.07 Å². The number of H-pyrrole nitrogens is 1. The summed E-state index contributed by atoms with van der Waals surface area (Å²) in [6.07, 6.45) is 4.64. The minimum Gasteiger partial charge on any atom is -0.453 e. The number of nitrogens with one attached hydrogen (secondary N) is 3. The number of hydrogen-bond donors (Lipinski definition) is 3. The smallest absolute Gasteiger partial charge is 0.411 e. The number of benzene rings is 2. The zero-order chi connectivity index (χ0) is 21.1. The van der Waals surface area contributed by atoms with Crippen LogP contribution in [0.1, 0.15) is 11.1 Å². The molecular weight excluding hydrogens is 378 g/mol. The number of aromatic nitrogens is 2. The molecule has 0 atom stereocenters. The van der Waals surface area contributed by atoms with Gasteiger partial charge in [-0.2, -0.15) is 5.26 Å². The van der Waals surface area contributed by atoms with Crippen molar-refractivity contribution in [2.45, 2.75) is 6.92 Å². The third-order valence-electron chi connectivity index (χ3n) is 4.96. The van der Waals surface area contributed by atoms with E-state index in [1.165, 1.54) is 7.11 Å². The second-order valence-electron chi connectivity index (χ2n) is 6.72. The number of aromatic amines is 1. The van der Waals surface area contributed by atoms with E-state index in [-0.39, 0.29) is 0 Å². The van der Waals surface area contributed by atoms with Crippen molar-refractivity contribution in [2.24, 2.45) is 0 Å². The monoisotopic (exact) mass is 397 g/mol. The maximum absolute atomic E-state index is 11.4. The van der Waals surface area contributed by atoms with Gasteiger partial charge in [0.2, 0.25) is 0 Å².